The van der Waals surface area contributed by atoms with E-state index in [1.807, 2.05) is 0 Å². The lowest BCUT2D eigenvalue weighted by atomic mass is 10.9. The molecular formula is C4H8N4O3S. The van der Waals surface area contributed by atoms with Gasteiger partial charge in [-0.05, 0) is 10.4 Å². The molecule has 0 unspecified atom stereocenters. The Morgan fingerprint density at radius 3 is 2.67 bits per heavy atom. The van der Waals surface area contributed by atoms with Crippen LogP contribution in [-0.2, 0) is 16.9 Å². The second-order valence-electron chi connectivity index (χ2n) is 2.13. The third-order valence-corrected chi connectivity index (χ3v) is 2.84. The van der Waals surface area contributed by atoms with Gasteiger partial charge in [0.2, 0.25) is 9.84 Å². The van der Waals surface area contributed by atoms with Gasteiger partial charge < -0.3 is 5.11 Å². The number of aromatic nitrogens is 4. The summed E-state index contributed by atoms with van der Waals surface area (Å²) < 4.78 is 23.4. The first-order valence-electron chi connectivity index (χ1n) is 3.14. The van der Waals surface area contributed by atoms with Crippen LogP contribution in [0, 0.1) is 0 Å². The largest absolute Gasteiger partial charge is 0.395 e. The van der Waals surface area contributed by atoms with E-state index < -0.39 is 16.4 Å². The zero-order valence-electron chi connectivity index (χ0n) is 6.38. The van der Waals surface area contributed by atoms with Crippen molar-refractivity contribution in [3.05, 3.63) is 0 Å². The molecule has 1 aromatic heterocycles. The third-order valence-electron chi connectivity index (χ3n) is 1.22. The molecule has 0 amide bonds. The van der Waals surface area contributed by atoms with Crippen molar-refractivity contribution in [1.29, 1.82) is 0 Å². The van der Waals surface area contributed by atoms with Gasteiger partial charge >= 0.3 is 0 Å². The molecule has 1 rings (SSSR count). The minimum Gasteiger partial charge on any atom is -0.395 e. The fourth-order valence-corrected chi connectivity index (χ4v) is 1.72. The lowest BCUT2D eigenvalue weighted by Crippen LogP contribution is -2.15. The average molecular weight is 192 g/mol. The molecule has 0 fully saturated rings. The van der Waals surface area contributed by atoms with Crippen molar-refractivity contribution in [3.8, 4) is 0 Å². The average Bonchev–Trinajstić information content (AvgIpc) is 2.35. The molecule has 0 aromatic carbocycles. The predicted octanol–water partition coefficient (Wildman–Crippen LogP) is -2.02. The van der Waals surface area contributed by atoms with E-state index in [-0.39, 0.29) is 10.9 Å². The highest BCUT2D eigenvalue weighted by molar-refractivity contribution is 7.91. The molecule has 8 heteroatoms. The minimum absolute atomic E-state index is 0.225. The molecule has 7 nitrogen and oxygen atoms in total. The molecule has 0 atom stereocenters. The number of tetrazole rings is 1. The number of rotatable bonds is 3. The van der Waals surface area contributed by atoms with Gasteiger partial charge in [-0.3, -0.25) is 0 Å². The van der Waals surface area contributed by atoms with Crippen LogP contribution in [0.1, 0.15) is 0 Å². The second-order valence-corrected chi connectivity index (χ2v) is 4.13. The fourth-order valence-electron chi connectivity index (χ4n) is 0.696. The number of nitrogens with zero attached hydrogens (tertiary/aromatic N) is 4. The number of aliphatic hydroxyl groups excluding tert-OH is 1. The molecule has 0 radical (unpaired) electrons. The van der Waals surface area contributed by atoms with Gasteiger partial charge in [0.25, 0.3) is 5.16 Å². The van der Waals surface area contributed by atoms with Crippen LogP contribution < -0.4 is 0 Å². The zero-order chi connectivity index (χ0) is 9.19. The molecule has 68 valence electrons. The third kappa shape index (κ3) is 1.59. The van der Waals surface area contributed by atoms with E-state index in [1.54, 1.807) is 0 Å². The van der Waals surface area contributed by atoms with Crippen LogP contribution in [0.25, 0.3) is 0 Å². The molecule has 0 spiro atoms. The van der Waals surface area contributed by atoms with E-state index in [0.29, 0.717) is 0 Å². The maximum Gasteiger partial charge on any atom is 0.267 e. The Kier molecular flexibility index (Phi) is 2.38. The summed E-state index contributed by atoms with van der Waals surface area (Å²) in [6.07, 6.45) is 0. The van der Waals surface area contributed by atoms with Crippen molar-refractivity contribution in [3.63, 3.8) is 0 Å². The first kappa shape index (κ1) is 9.07. The molecule has 0 bridgehead atoms. The van der Waals surface area contributed by atoms with Crippen LogP contribution in [0.3, 0.4) is 0 Å². The van der Waals surface area contributed by atoms with Gasteiger partial charge in [0, 0.05) is 7.05 Å². The summed E-state index contributed by atoms with van der Waals surface area (Å²) in [5.41, 5.74) is 0. The Morgan fingerprint density at radius 1 is 1.58 bits per heavy atom. The molecule has 12 heavy (non-hydrogen) atoms. The van der Waals surface area contributed by atoms with E-state index in [1.165, 1.54) is 7.05 Å². The van der Waals surface area contributed by atoms with Crippen LogP contribution in [-0.4, -0.2) is 46.1 Å². The molecule has 1 heterocycles. The molecule has 0 aliphatic carbocycles. The molecular weight excluding hydrogens is 184 g/mol. The molecule has 0 saturated heterocycles. The Bertz CT molecular complexity index is 356. The Morgan fingerprint density at radius 2 is 2.25 bits per heavy atom. The molecule has 0 saturated carbocycles. The first-order chi connectivity index (χ1) is 5.58. The molecule has 0 aliphatic heterocycles. The highest BCUT2D eigenvalue weighted by Crippen LogP contribution is 2.02. The molecule has 0 aliphatic rings. The lowest BCUT2D eigenvalue weighted by Gasteiger charge is -1.97. The first-order valence-corrected chi connectivity index (χ1v) is 4.79. The van der Waals surface area contributed by atoms with Crippen molar-refractivity contribution >= 4 is 9.84 Å². The van der Waals surface area contributed by atoms with Crippen LogP contribution >= 0.6 is 0 Å². The van der Waals surface area contributed by atoms with Crippen molar-refractivity contribution < 1.29 is 13.5 Å². The zero-order valence-corrected chi connectivity index (χ0v) is 7.19. The summed E-state index contributed by atoms with van der Waals surface area (Å²) in [7, 11) is -2.10. The van der Waals surface area contributed by atoms with Crippen molar-refractivity contribution in [2.45, 2.75) is 5.16 Å². The monoisotopic (exact) mass is 192 g/mol. The predicted molar refractivity (Wildman–Crippen MR) is 37.9 cm³/mol. The van der Waals surface area contributed by atoms with E-state index in [2.05, 4.69) is 15.5 Å². The maximum atomic E-state index is 11.2. The van der Waals surface area contributed by atoms with Crippen LogP contribution in [0.4, 0.5) is 0 Å². The van der Waals surface area contributed by atoms with Crippen molar-refractivity contribution in [2.75, 3.05) is 12.4 Å². The van der Waals surface area contributed by atoms with Crippen molar-refractivity contribution in [2.24, 2.45) is 7.05 Å². The van der Waals surface area contributed by atoms with Gasteiger partial charge in [0.15, 0.2) is 0 Å². The van der Waals surface area contributed by atoms with E-state index in [0.717, 1.165) is 4.68 Å². The standard InChI is InChI=1S/C4H8N4O3S/c1-8-4(5-6-7-8)12(10,11)3-2-9/h9H,2-3H2,1H3. The van der Waals surface area contributed by atoms with Crippen LogP contribution in [0.15, 0.2) is 5.16 Å². The number of hydrogen-bond acceptors (Lipinski definition) is 6. The van der Waals surface area contributed by atoms with Crippen molar-refractivity contribution in [1.82, 2.24) is 20.2 Å². The second kappa shape index (κ2) is 3.15. The fraction of sp³-hybridized carbons (Fsp3) is 0.750. The van der Waals surface area contributed by atoms with Gasteiger partial charge in [-0.15, -0.1) is 0 Å². The SMILES string of the molecule is Cn1nnnc1S(=O)(=O)CCO. The van der Waals surface area contributed by atoms with Gasteiger partial charge in [0.1, 0.15) is 0 Å². The minimum atomic E-state index is -3.52. The summed E-state index contributed by atoms with van der Waals surface area (Å²) in [6, 6.07) is 0. The van der Waals surface area contributed by atoms with Crippen LogP contribution in [0.5, 0.6) is 0 Å². The van der Waals surface area contributed by atoms with Gasteiger partial charge in [-0.1, -0.05) is 5.10 Å². The normalized spacial score (nSPS) is 11.8. The molecule has 1 N–H and O–H groups in total. The van der Waals surface area contributed by atoms with Crippen LogP contribution in [0.2, 0.25) is 0 Å². The van der Waals surface area contributed by atoms with E-state index >= 15 is 0 Å². The summed E-state index contributed by atoms with van der Waals surface area (Å²) in [4.78, 5) is 0. The maximum absolute atomic E-state index is 11.2. The quantitative estimate of drug-likeness (QED) is 0.593. The van der Waals surface area contributed by atoms with E-state index in [4.69, 9.17) is 5.11 Å². The summed E-state index contributed by atoms with van der Waals surface area (Å²) in [5.74, 6) is -0.360. The highest BCUT2D eigenvalue weighted by atomic mass is 32.2. The number of aliphatic hydroxyl groups is 1. The topological polar surface area (TPSA) is 98.0 Å². The summed E-state index contributed by atoms with van der Waals surface area (Å²) in [6.45, 7) is -0.435. The van der Waals surface area contributed by atoms with Gasteiger partial charge in [-0.25, -0.2) is 13.1 Å². The highest BCUT2D eigenvalue weighted by Gasteiger charge is 2.20. The lowest BCUT2D eigenvalue weighted by molar-refractivity contribution is 0.319. The van der Waals surface area contributed by atoms with Gasteiger partial charge in [0.05, 0.1) is 12.4 Å². The number of hydrogen-bond donors (Lipinski definition) is 1. The Balaban J connectivity index is 3.06. The number of sulfone groups is 1. The van der Waals surface area contributed by atoms with E-state index in [9.17, 15) is 8.42 Å². The summed E-state index contributed by atoms with van der Waals surface area (Å²) in [5, 5.41) is 18.1. The summed E-state index contributed by atoms with van der Waals surface area (Å²) >= 11 is 0. The number of aryl methyl sites for hydroxylation is 1. The smallest absolute Gasteiger partial charge is 0.267 e. The van der Waals surface area contributed by atoms with Gasteiger partial charge in [-0.2, -0.15) is 0 Å². The Hall–Kier alpha value is -1.02. The molecule has 1 aromatic rings. The Labute approximate surface area is 68.9 Å².